The van der Waals surface area contributed by atoms with Crippen LogP contribution in [-0.4, -0.2) is 71.4 Å². The third-order valence-electron chi connectivity index (χ3n) is 5.43. The van der Waals surface area contributed by atoms with Gasteiger partial charge in [-0.3, -0.25) is 9.80 Å². The minimum absolute atomic E-state index is 0.0486. The number of hydrogen-bond acceptors (Lipinski definition) is 5. The van der Waals surface area contributed by atoms with Gasteiger partial charge < -0.3 is 4.98 Å². The van der Waals surface area contributed by atoms with Gasteiger partial charge in [0, 0.05) is 31.7 Å². The Morgan fingerprint density at radius 1 is 1.19 bits per heavy atom. The highest BCUT2D eigenvalue weighted by Gasteiger charge is 2.46. The maximum Gasteiger partial charge on any atom is 0.153 e. The third kappa shape index (κ3) is 3.56. The summed E-state index contributed by atoms with van der Waals surface area (Å²) in [5, 5.41) is 0. The van der Waals surface area contributed by atoms with Crippen LogP contribution in [0.2, 0.25) is 0 Å². The Kier molecular flexibility index (Phi) is 4.62. The number of nitrogens with zero attached hydrogens (tertiary/aromatic N) is 3. The second-order valence-electron chi connectivity index (χ2n) is 7.66. The van der Waals surface area contributed by atoms with E-state index < -0.39 is 9.84 Å². The van der Waals surface area contributed by atoms with Gasteiger partial charge in [-0.1, -0.05) is 23.8 Å². The molecule has 2 aliphatic rings. The van der Waals surface area contributed by atoms with Crippen LogP contribution in [0, 0.1) is 0 Å². The van der Waals surface area contributed by atoms with E-state index in [1.165, 1.54) is 5.57 Å². The highest BCUT2D eigenvalue weighted by Crippen LogP contribution is 2.28. The molecule has 2 atom stereocenters. The van der Waals surface area contributed by atoms with Crippen molar-refractivity contribution in [2.75, 3.05) is 31.1 Å². The zero-order valence-corrected chi connectivity index (χ0v) is 16.2. The number of rotatable bonds is 4. The molecule has 1 aromatic carbocycles. The standard InChI is InChI=1S/C19H26N4O2S/c1-14(2)7-8-22-9-10-23(18-13-26(24,25)12-17(18)22)11-19-20-15-5-3-4-6-16(15)21-19/h3-7,17-18H,8-13H2,1-2H3,(H,20,21)/t17-,18+/m0/s1. The number of aromatic amines is 1. The first-order chi connectivity index (χ1) is 12.4. The Balaban J connectivity index is 1.55. The average Bonchev–Trinajstić information content (AvgIpc) is 3.13. The van der Waals surface area contributed by atoms with Crippen LogP contribution >= 0.6 is 0 Å². The number of fused-ring (bicyclic) bond motifs is 2. The van der Waals surface area contributed by atoms with Crippen molar-refractivity contribution in [3.63, 3.8) is 0 Å². The number of H-pyrrole nitrogens is 1. The molecule has 26 heavy (non-hydrogen) atoms. The van der Waals surface area contributed by atoms with Gasteiger partial charge in [0.2, 0.25) is 0 Å². The van der Waals surface area contributed by atoms with Crippen molar-refractivity contribution in [3.05, 3.63) is 41.7 Å². The molecule has 0 radical (unpaired) electrons. The molecular weight excluding hydrogens is 348 g/mol. The number of nitrogens with one attached hydrogen (secondary N) is 1. The molecule has 6 nitrogen and oxygen atoms in total. The van der Waals surface area contributed by atoms with E-state index in [9.17, 15) is 8.42 Å². The number of allylic oxidation sites excluding steroid dienone is 1. The van der Waals surface area contributed by atoms with Gasteiger partial charge in [-0.25, -0.2) is 13.4 Å². The highest BCUT2D eigenvalue weighted by molar-refractivity contribution is 7.91. The van der Waals surface area contributed by atoms with Gasteiger partial charge in [0.25, 0.3) is 0 Å². The molecule has 0 saturated carbocycles. The number of para-hydroxylation sites is 2. The number of benzene rings is 1. The molecule has 2 aromatic rings. The molecule has 2 aliphatic heterocycles. The van der Waals surface area contributed by atoms with Crippen molar-refractivity contribution < 1.29 is 8.42 Å². The van der Waals surface area contributed by atoms with Crippen LogP contribution in [0.4, 0.5) is 0 Å². The third-order valence-corrected chi connectivity index (χ3v) is 7.13. The fraction of sp³-hybridized carbons (Fsp3) is 0.526. The lowest BCUT2D eigenvalue weighted by molar-refractivity contribution is 0.0463. The van der Waals surface area contributed by atoms with Crippen molar-refractivity contribution in [1.29, 1.82) is 0 Å². The van der Waals surface area contributed by atoms with Gasteiger partial charge in [0.05, 0.1) is 29.1 Å². The fourth-order valence-corrected chi connectivity index (χ4v) is 6.14. The Bertz CT molecular complexity index is 897. The smallest absolute Gasteiger partial charge is 0.153 e. The van der Waals surface area contributed by atoms with E-state index in [1.807, 2.05) is 24.3 Å². The van der Waals surface area contributed by atoms with Crippen molar-refractivity contribution >= 4 is 20.9 Å². The molecule has 1 aromatic heterocycles. The molecule has 0 aliphatic carbocycles. The van der Waals surface area contributed by atoms with Gasteiger partial charge in [-0.05, 0) is 26.0 Å². The first kappa shape index (κ1) is 17.7. The molecule has 1 N–H and O–H groups in total. The van der Waals surface area contributed by atoms with Crippen molar-refractivity contribution in [1.82, 2.24) is 19.8 Å². The summed E-state index contributed by atoms with van der Waals surface area (Å²) >= 11 is 0. The number of sulfone groups is 1. The van der Waals surface area contributed by atoms with Crippen LogP contribution in [0.15, 0.2) is 35.9 Å². The fourth-order valence-electron chi connectivity index (χ4n) is 4.09. The molecule has 0 bridgehead atoms. The Labute approximate surface area is 154 Å². The second-order valence-corrected chi connectivity index (χ2v) is 9.81. The average molecular weight is 375 g/mol. The zero-order valence-electron chi connectivity index (χ0n) is 15.4. The number of hydrogen-bond donors (Lipinski definition) is 1. The van der Waals surface area contributed by atoms with Gasteiger partial charge in [-0.2, -0.15) is 0 Å². The summed E-state index contributed by atoms with van der Waals surface area (Å²) < 4.78 is 24.7. The summed E-state index contributed by atoms with van der Waals surface area (Å²) in [5.74, 6) is 1.43. The summed E-state index contributed by atoms with van der Waals surface area (Å²) in [6.07, 6.45) is 2.19. The molecule has 2 fully saturated rings. The highest BCUT2D eigenvalue weighted by atomic mass is 32.2. The van der Waals surface area contributed by atoms with E-state index in [4.69, 9.17) is 0 Å². The summed E-state index contributed by atoms with van der Waals surface area (Å²) in [4.78, 5) is 12.7. The lowest BCUT2D eigenvalue weighted by Gasteiger charge is -2.43. The monoisotopic (exact) mass is 374 g/mol. The minimum atomic E-state index is -2.98. The van der Waals surface area contributed by atoms with E-state index >= 15 is 0 Å². The van der Waals surface area contributed by atoms with Crippen LogP contribution in [-0.2, 0) is 16.4 Å². The first-order valence-corrected chi connectivity index (χ1v) is 11.0. The second kappa shape index (κ2) is 6.79. The lowest BCUT2D eigenvalue weighted by Crippen LogP contribution is -2.58. The molecular formula is C19H26N4O2S. The summed E-state index contributed by atoms with van der Waals surface area (Å²) in [6.45, 7) is 7.42. The predicted octanol–water partition coefficient (Wildman–Crippen LogP) is 1.81. The predicted molar refractivity (Wildman–Crippen MR) is 104 cm³/mol. The topological polar surface area (TPSA) is 69.3 Å². The maximum atomic E-state index is 12.3. The van der Waals surface area contributed by atoms with Crippen molar-refractivity contribution in [2.45, 2.75) is 32.5 Å². The van der Waals surface area contributed by atoms with Crippen LogP contribution < -0.4 is 0 Å². The van der Waals surface area contributed by atoms with Gasteiger partial charge in [0.15, 0.2) is 9.84 Å². The van der Waals surface area contributed by atoms with Gasteiger partial charge in [0.1, 0.15) is 5.82 Å². The first-order valence-electron chi connectivity index (χ1n) is 9.17. The van der Waals surface area contributed by atoms with Crippen LogP contribution in [0.3, 0.4) is 0 Å². The lowest BCUT2D eigenvalue weighted by atomic mass is 10.0. The largest absolute Gasteiger partial charge is 0.341 e. The summed E-state index contributed by atoms with van der Waals surface area (Å²) in [7, 11) is -2.98. The summed E-state index contributed by atoms with van der Waals surface area (Å²) in [5.41, 5.74) is 3.26. The summed E-state index contributed by atoms with van der Waals surface area (Å²) in [6, 6.07) is 8.11. The van der Waals surface area contributed by atoms with Crippen LogP contribution in [0.25, 0.3) is 11.0 Å². The SMILES string of the molecule is CC(C)=CCN1CCN(Cc2nc3ccccc3[nH]2)[C@@H]2CS(=O)(=O)C[C@@H]21. The molecule has 0 spiro atoms. The Hall–Kier alpha value is -1.70. The molecule has 2 saturated heterocycles. The molecule has 4 rings (SSSR count). The molecule has 0 amide bonds. The number of piperazine rings is 1. The van der Waals surface area contributed by atoms with Crippen molar-refractivity contribution in [2.24, 2.45) is 0 Å². The molecule has 7 heteroatoms. The van der Waals surface area contributed by atoms with Gasteiger partial charge in [-0.15, -0.1) is 0 Å². The Morgan fingerprint density at radius 2 is 1.88 bits per heavy atom. The van der Waals surface area contributed by atoms with Crippen LogP contribution in [0.1, 0.15) is 19.7 Å². The minimum Gasteiger partial charge on any atom is -0.341 e. The van der Waals surface area contributed by atoms with Crippen molar-refractivity contribution in [3.8, 4) is 0 Å². The van der Waals surface area contributed by atoms with Crippen LogP contribution in [0.5, 0.6) is 0 Å². The quantitative estimate of drug-likeness (QED) is 0.827. The maximum absolute atomic E-state index is 12.3. The number of imidazole rings is 1. The van der Waals surface area contributed by atoms with E-state index in [-0.39, 0.29) is 23.6 Å². The Morgan fingerprint density at radius 3 is 2.62 bits per heavy atom. The van der Waals surface area contributed by atoms with E-state index in [1.54, 1.807) is 0 Å². The molecule has 0 unspecified atom stereocenters. The molecule has 140 valence electrons. The van der Waals surface area contributed by atoms with Gasteiger partial charge >= 0.3 is 0 Å². The van der Waals surface area contributed by atoms with E-state index in [0.717, 1.165) is 36.5 Å². The normalized spacial score (nSPS) is 26.1. The van der Waals surface area contributed by atoms with E-state index in [0.29, 0.717) is 6.54 Å². The zero-order chi connectivity index (χ0) is 18.3. The molecule has 3 heterocycles. The van der Waals surface area contributed by atoms with E-state index in [2.05, 4.69) is 39.7 Å². The number of aromatic nitrogens is 2.